The van der Waals surface area contributed by atoms with E-state index in [2.05, 4.69) is 25.8 Å². The summed E-state index contributed by atoms with van der Waals surface area (Å²) in [7, 11) is 1.69. The second-order valence-corrected chi connectivity index (χ2v) is 8.45. The molecule has 3 aromatic rings. The highest BCUT2D eigenvalue weighted by atomic mass is 16.5. The van der Waals surface area contributed by atoms with Crippen molar-refractivity contribution >= 4 is 17.4 Å². The Balaban J connectivity index is 1.27. The van der Waals surface area contributed by atoms with Crippen LogP contribution in [0.15, 0.2) is 60.9 Å². The number of rotatable bonds is 5. The summed E-state index contributed by atoms with van der Waals surface area (Å²) in [5.41, 5.74) is 3.65. The van der Waals surface area contributed by atoms with Crippen LogP contribution in [0.2, 0.25) is 0 Å². The van der Waals surface area contributed by atoms with Gasteiger partial charge in [0.1, 0.15) is 11.4 Å². The third-order valence-electron chi connectivity index (χ3n) is 6.48. The van der Waals surface area contributed by atoms with Gasteiger partial charge in [0.2, 0.25) is 0 Å². The molecule has 1 aromatic heterocycles. The van der Waals surface area contributed by atoms with Crippen molar-refractivity contribution in [2.45, 2.75) is 12.8 Å². The van der Waals surface area contributed by atoms with Gasteiger partial charge in [-0.15, -0.1) is 0 Å². The van der Waals surface area contributed by atoms with Crippen molar-refractivity contribution < 1.29 is 9.53 Å². The molecule has 1 amide bonds. The largest absolute Gasteiger partial charge is 0.495 e. The Kier molecular flexibility index (Phi) is 6.11. The van der Waals surface area contributed by atoms with Crippen molar-refractivity contribution in [2.24, 2.45) is 0 Å². The average molecular weight is 444 g/mol. The summed E-state index contributed by atoms with van der Waals surface area (Å²) in [5, 5.41) is 0. The Morgan fingerprint density at radius 3 is 2.24 bits per heavy atom. The van der Waals surface area contributed by atoms with Gasteiger partial charge >= 0.3 is 0 Å². The van der Waals surface area contributed by atoms with E-state index in [1.165, 1.54) is 12.8 Å². The van der Waals surface area contributed by atoms with E-state index in [4.69, 9.17) is 4.74 Å². The third kappa shape index (κ3) is 4.35. The first-order valence-corrected chi connectivity index (χ1v) is 11.6. The Bertz CT molecular complexity index is 1100. The van der Waals surface area contributed by atoms with Gasteiger partial charge in [-0.2, -0.15) is 0 Å². The number of anilines is 2. The SMILES string of the molecule is COc1ccccc1N1CCN(C(=O)c2ccc(-c3nccnc3N3CCCC3)cc2)CC1. The molecule has 2 aliphatic rings. The number of ether oxygens (including phenoxy) is 1. The van der Waals surface area contributed by atoms with Crippen LogP contribution in [0.3, 0.4) is 0 Å². The Morgan fingerprint density at radius 2 is 1.52 bits per heavy atom. The predicted molar refractivity (Wildman–Crippen MR) is 130 cm³/mol. The number of benzene rings is 2. The number of methoxy groups -OCH3 is 1. The summed E-state index contributed by atoms with van der Waals surface area (Å²) in [5.74, 6) is 1.87. The maximum atomic E-state index is 13.1. The van der Waals surface area contributed by atoms with Crippen LogP contribution in [0.25, 0.3) is 11.3 Å². The molecule has 0 radical (unpaired) electrons. The molecule has 170 valence electrons. The van der Waals surface area contributed by atoms with Crippen molar-refractivity contribution in [3.05, 3.63) is 66.5 Å². The molecule has 0 unspecified atom stereocenters. The Labute approximate surface area is 194 Å². The minimum Gasteiger partial charge on any atom is -0.495 e. The number of aromatic nitrogens is 2. The van der Waals surface area contributed by atoms with Crippen LogP contribution in [0.1, 0.15) is 23.2 Å². The quantitative estimate of drug-likeness (QED) is 0.599. The first-order chi connectivity index (χ1) is 16.2. The molecule has 3 heterocycles. The number of nitrogens with zero attached hydrogens (tertiary/aromatic N) is 5. The molecule has 0 atom stereocenters. The van der Waals surface area contributed by atoms with Crippen molar-refractivity contribution in [2.75, 3.05) is 56.2 Å². The van der Waals surface area contributed by atoms with E-state index in [1.807, 2.05) is 47.4 Å². The van der Waals surface area contributed by atoms with E-state index >= 15 is 0 Å². The fourth-order valence-corrected chi connectivity index (χ4v) is 4.69. The van der Waals surface area contributed by atoms with E-state index < -0.39 is 0 Å². The van der Waals surface area contributed by atoms with Crippen LogP contribution in [-0.4, -0.2) is 67.2 Å². The molecule has 0 saturated carbocycles. The number of hydrogen-bond donors (Lipinski definition) is 0. The fourth-order valence-electron chi connectivity index (χ4n) is 4.69. The molecular formula is C26H29N5O2. The summed E-state index contributed by atoms with van der Waals surface area (Å²) in [6.07, 6.45) is 5.86. The minimum atomic E-state index is 0.0696. The van der Waals surface area contributed by atoms with Gasteiger partial charge in [0.25, 0.3) is 5.91 Å². The third-order valence-corrected chi connectivity index (χ3v) is 6.48. The number of hydrogen-bond acceptors (Lipinski definition) is 6. The lowest BCUT2D eigenvalue weighted by Gasteiger charge is -2.36. The summed E-state index contributed by atoms with van der Waals surface area (Å²) in [4.78, 5) is 28.8. The van der Waals surface area contributed by atoms with Crippen LogP contribution < -0.4 is 14.5 Å². The lowest BCUT2D eigenvalue weighted by Crippen LogP contribution is -2.48. The molecule has 7 heteroatoms. The molecule has 2 fully saturated rings. The molecule has 0 N–H and O–H groups in total. The molecule has 2 aromatic carbocycles. The van der Waals surface area contributed by atoms with Gasteiger partial charge in [-0.25, -0.2) is 4.98 Å². The van der Waals surface area contributed by atoms with Crippen LogP contribution in [0.4, 0.5) is 11.5 Å². The molecule has 33 heavy (non-hydrogen) atoms. The van der Waals surface area contributed by atoms with E-state index in [0.29, 0.717) is 18.7 Å². The maximum absolute atomic E-state index is 13.1. The first-order valence-electron chi connectivity index (χ1n) is 11.6. The molecule has 0 spiro atoms. The number of para-hydroxylation sites is 2. The van der Waals surface area contributed by atoms with Gasteiger partial charge in [0, 0.05) is 62.8 Å². The molecule has 0 aliphatic carbocycles. The van der Waals surface area contributed by atoms with Crippen LogP contribution >= 0.6 is 0 Å². The van der Waals surface area contributed by atoms with Crippen LogP contribution in [0.5, 0.6) is 5.75 Å². The molecule has 0 bridgehead atoms. The summed E-state index contributed by atoms with van der Waals surface area (Å²) in [6, 6.07) is 15.8. The zero-order valence-corrected chi connectivity index (χ0v) is 19.0. The highest BCUT2D eigenvalue weighted by Crippen LogP contribution is 2.30. The van der Waals surface area contributed by atoms with E-state index in [0.717, 1.165) is 54.7 Å². The zero-order valence-electron chi connectivity index (χ0n) is 19.0. The Hall–Kier alpha value is -3.61. The summed E-state index contributed by atoms with van der Waals surface area (Å²) < 4.78 is 5.50. The van der Waals surface area contributed by atoms with Crippen molar-refractivity contribution in [1.82, 2.24) is 14.9 Å². The minimum absolute atomic E-state index is 0.0696. The van der Waals surface area contributed by atoms with E-state index in [-0.39, 0.29) is 5.91 Å². The average Bonchev–Trinajstić information content (AvgIpc) is 3.43. The van der Waals surface area contributed by atoms with Crippen molar-refractivity contribution in [3.8, 4) is 17.0 Å². The highest BCUT2D eigenvalue weighted by Gasteiger charge is 2.24. The van der Waals surface area contributed by atoms with Crippen molar-refractivity contribution in [3.63, 3.8) is 0 Å². The lowest BCUT2D eigenvalue weighted by atomic mass is 10.1. The normalized spacial score (nSPS) is 16.2. The second-order valence-electron chi connectivity index (χ2n) is 8.45. The van der Waals surface area contributed by atoms with Gasteiger partial charge < -0.3 is 19.4 Å². The molecule has 7 nitrogen and oxygen atoms in total. The lowest BCUT2D eigenvalue weighted by molar-refractivity contribution is 0.0746. The second kappa shape index (κ2) is 9.48. The summed E-state index contributed by atoms with van der Waals surface area (Å²) in [6.45, 7) is 4.96. The van der Waals surface area contributed by atoms with Gasteiger partial charge in [-0.3, -0.25) is 9.78 Å². The van der Waals surface area contributed by atoms with Gasteiger partial charge in [-0.05, 0) is 37.1 Å². The number of carbonyl (C=O) groups is 1. The van der Waals surface area contributed by atoms with E-state index in [9.17, 15) is 4.79 Å². The predicted octanol–water partition coefficient (Wildman–Crippen LogP) is 3.71. The monoisotopic (exact) mass is 443 g/mol. The molecule has 5 rings (SSSR count). The number of carbonyl (C=O) groups excluding carboxylic acids is 1. The van der Waals surface area contributed by atoms with Crippen LogP contribution in [0, 0.1) is 0 Å². The van der Waals surface area contributed by atoms with Crippen molar-refractivity contribution in [1.29, 1.82) is 0 Å². The number of piperazine rings is 1. The fraction of sp³-hybridized carbons (Fsp3) is 0.346. The maximum Gasteiger partial charge on any atom is 0.253 e. The highest BCUT2D eigenvalue weighted by molar-refractivity contribution is 5.95. The van der Waals surface area contributed by atoms with Gasteiger partial charge in [-0.1, -0.05) is 24.3 Å². The molecular weight excluding hydrogens is 414 g/mol. The standard InChI is InChI=1S/C26H29N5O2/c1-33-23-7-3-2-6-22(23)29-16-18-31(19-17-29)26(32)21-10-8-20(9-11-21)24-25(28-13-12-27-24)30-14-4-5-15-30/h2-3,6-13H,4-5,14-19H2,1H3. The Morgan fingerprint density at radius 1 is 0.818 bits per heavy atom. The topological polar surface area (TPSA) is 61.8 Å². The smallest absolute Gasteiger partial charge is 0.253 e. The zero-order chi connectivity index (χ0) is 22.6. The van der Waals surface area contributed by atoms with Gasteiger partial charge in [0.05, 0.1) is 12.8 Å². The summed E-state index contributed by atoms with van der Waals surface area (Å²) >= 11 is 0. The number of amides is 1. The first kappa shape index (κ1) is 21.2. The van der Waals surface area contributed by atoms with Crippen LogP contribution in [-0.2, 0) is 0 Å². The van der Waals surface area contributed by atoms with Gasteiger partial charge in [0.15, 0.2) is 5.82 Å². The van der Waals surface area contributed by atoms with E-state index in [1.54, 1.807) is 19.5 Å². The molecule has 2 aliphatic heterocycles. The molecule has 2 saturated heterocycles.